The molecule has 2 aromatic rings. The molecule has 0 bridgehead atoms. The molecule has 35 heavy (non-hydrogen) atoms. The number of nitrogens with one attached hydrogen (secondary N) is 2. The van der Waals surface area contributed by atoms with E-state index in [-0.39, 0.29) is 11.8 Å². The van der Waals surface area contributed by atoms with E-state index < -0.39 is 0 Å². The summed E-state index contributed by atoms with van der Waals surface area (Å²) in [5.41, 5.74) is 7.05. The molecule has 2 aromatic carbocycles. The molecule has 2 N–H and O–H groups in total. The first kappa shape index (κ1) is 23.4. The Kier molecular flexibility index (Phi) is 7.00. The number of fused-ring (bicyclic) bond motifs is 2. The minimum absolute atomic E-state index is 0.118. The SMILES string of the molecule is Cc1cc(NC(=O)C2=CNCC=C2)cc2c1C(=O)N(CCCN1CCc3ccccc3CC1)CC2. The average Bonchev–Trinajstić information content (AvgIpc) is 3.08. The van der Waals surface area contributed by atoms with Crippen molar-refractivity contribution in [3.8, 4) is 0 Å². The van der Waals surface area contributed by atoms with Crippen LogP contribution in [0.3, 0.4) is 0 Å². The van der Waals surface area contributed by atoms with Crippen molar-refractivity contribution >= 4 is 17.5 Å². The zero-order valence-electron chi connectivity index (χ0n) is 20.5. The molecule has 3 aliphatic heterocycles. The Labute approximate surface area is 207 Å². The molecule has 6 nitrogen and oxygen atoms in total. The summed E-state index contributed by atoms with van der Waals surface area (Å²) < 4.78 is 0. The van der Waals surface area contributed by atoms with E-state index >= 15 is 0 Å². The van der Waals surface area contributed by atoms with Gasteiger partial charge in [0.05, 0.1) is 5.57 Å². The van der Waals surface area contributed by atoms with Crippen LogP contribution < -0.4 is 10.6 Å². The van der Waals surface area contributed by atoms with Crippen molar-refractivity contribution in [3.05, 3.63) is 88.1 Å². The molecule has 0 radical (unpaired) electrons. The van der Waals surface area contributed by atoms with Gasteiger partial charge in [0.25, 0.3) is 11.8 Å². The summed E-state index contributed by atoms with van der Waals surface area (Å²) in [6, 6.07) is 12.7. The summed E-state index contributed by atoms with van der Waals surface area (Å²) in [6.07, 6.45) is 9.49. The lowest BCUT2D eigenvalue weighted by Gasteiger charge is -2.31. The van der Waals surface area contributed by atoms with Crippen LogP contribution in [0.25, 0.3) is 0 Å². The van der Waals surface area contributed by atoms with Gasteiger partial charge in [-0.15, -0.1) is 0 Å². The highest BCUT2D eigenvalue weighted by molar-refractivity contribution is 6.06. The van der Waals surface area contributed by atoms with Gasteiger partial charge in [0, 0.05) is 50.2 Å². The van der Waals surface area contributed by atoms with E-state index in [9.17, 15) is 9.59 Å². The molecule has 182 valence electrons. The van der Waals surface area contributed by atoms with Gasteiger partial charge in [0.2, 0.25) is 0 Å². The van der Waals surface area contributed by atoms with Crippen molar-refractivity contribution in [2.45, 2.75) is 32.6 Å². The minimum atomic E-state index is -0.145. The van der Waals surface area contributed by atoms with E-state index in [0.717, 1.165) is 87.3 Å². The van der Waals surface area contributed by atoms with Crippen molar-refractivity contribution in [3.63, 3.8) is 0 Å². The maximum absolute atomic E-state index is 13.3. The zero-order chi connectivity index (χ0) is 24.2. The number of carbonyl (C=O) groups excluding carboxylic acids is 2. The van der Waals surface area contributed by atoms with Crippen LogP contribution in [0.4, 0.5) is 5.69 Å². The Morgan fingerprint density at radius 2 is 1.74 bits per heavy atom. The maximum atomic E-state index is 13.3. The first-order chi connectivity index (χ1) is 17.1. The lowest BCUT2D eigenvalue weighted by molar-refractivity contribution is -0.112. The molecule has 0 aliphatic carbocycles. The summed E-state index contributed by atoms with van der Waals surface area (Å²) in [4.78, 5) is 30.4. The van der Waals surface area contributed by atoms with E-state index in [4.69, 9.17) is 0 Å². The van der Waals surface area contributed by atoms with Crippen LogP contribution in [0.1, 0.15) is 39.0 Å². The topological polar surface area (TPSA) is 64.7 Å². The van der Waals surface area contributed by atoms with Crippen molar-refractivity contribution < 1.29 is 9.59 Å². The molecule has 0 atom stereocenters. The van der Waals surface area contributed by atoms with Gasteiger partial charge in [-0.3, -0.25) is 9.59 Å². The fourth-order valence-corrected chi connectivity index (χ4v) is 5.40. The normalized spacial score (nSPS) is 17.7. The molecule has 0 saturated heterocycles. The molecular formula is C29H34N4O2. The maximum Gasteiger partial charge on any atom is 0.257 e. The molecule has 0 saturated carbocycles. The van der Waals surface area contributed by atoms with Crippen molar-refractivity contribution in [1.29, 1.82) is 0 Å². The molecule has 3 aliphatic rings. The predicted octanol–water partition coefficient (Wildman–Crippen LogP) is 3.47. The Morgan fingerprint density at radius 3 is 2.46 bits per heavy atom. The quantitative estimate of drug-likeness (QED) is 0.679. The third kappa shape index (κ3) is 5.33. The average molecular weight is 471 g/mol. The van der Waals surface area contributed by atoms with Crippen LogP contribution in [0.2, 0.25) is 0 Å². The van der Waals surface area contributed by atoms with Crippen LogP contribution in [0, 0.1) is 6.92 Å². The highest BCUT2D eigenvalue weighted by Gasteiger charge is 2.27. The summed E-state index contributed by atoms with van der Waals surface area (Å²) >= 11 is 0. The van der Waals surface area contributed by atoms with E-state index in [1.165, 1.54) is 11.1 Å². The molecule has 5 rings (SSSR count). The van der Waals surface area contributed by atoms with Gasteiger partial charge in [0.1, 0.15) is 0 Å². The van der Waals surface area contributed by atoms with Gasteiger partial charge in [0.15, 0.2) is 0 Å². The molecule has 0 unspecified atom stereocenters. The number of benzene rings is 2. The molecule has 0 spiro atoms. The third-order valence-electron chi connectivity index (χ3n) is 7.30. The first-order valence-electron chi connectivity index (χ1n) is 12.7. The number of hydrogen-bond acceptors (Lipinski definition) is 4. The Balaban J connectivity index is 1.16. The molecule has 6 heteroatoms. The van der Waals surface area contributed by atoms with Crippen molar-refractivity contribution in [2.75, 3.05) is 44.6 Å². The number of hydrogen-bond donors (Lipinski definition) is 2. The minimum Gasteiger partial charge on any atom is -0.387 e. The second-order valence-electron chi connectivity index (χ2n) is 9.70. The number of carbonyl (C=O) groups is 2. The molecule has 0 fully saturated rings. The summed E-state index contributed by atoms with van der Waals surface area (Å²) in [6.45, 7) is 7.41. The van der Waals surface area contributed by atoms with Crippen molar-refractivity contribution in [1.82, 2.24) is 15.1 Å². The second kappa shape index (κ2) is 10.5. The second-order valence-corrected chi connectivity index (χ2v) is 9.70. The molecule has 2 amide bonds. The van der Waals surface area contributed by atoms with E-state index in [1.807, 2.05) is 36.1 Å². The van der Waals surface area contributed by atoms with Crippen LogP contribution >= 0.6 is 0 Å². The van der Waals surface area contributed by atoms with Gasteiger partial charge < -0.3 is 20.4 Å². The van der Waals surface area contributed by atoms with Crippen LogP contribution in [-0.4, -0.2) is 60.9 Å². The Hall–Kier alpha value is -3.38. The highest BCUT2D eigenvalue weighted by atomic mass is 16.2. The summed E-state index contributed by atoms with van der Waals surface area (Å²) in [5.74, 6) is -0.0276. The highest BCUT2D eigenvalue weighted by Crippen LogP contribution is 2.27. The fourth-order valence-electron chi connectivity index (χ4n) is 5.40. The smallest absolute Gasteiger partial charge is 0.257 e. The third-order valence-corrected chi connectivity index (χ3v) is 7.30. The van der Waals surface area contributed by atoms with Crippen LogP contribution in [0.5, 0.6) is 0 Å². The van der Waals surface area contributed by atoms with Gasteiger partial charge in [-0.05, 0) is 73.5 Å². The first-order valence-corrected chi connectivity index (χ1v) is 12.7. The number of aryl methyl sites for hydroxylation is 1. The lowest BCUT2D eigenvalue weighted by atomic mass is 9.93. The van der Waals surface area contributed by atoms with E-state index in [2.05, 4.69) is 39.8 Å². The van der Waals surface area contributed by atoms with E-state index in [1.54, 1.807) is 6.20 Å². The molecular weight excluding hydrogens is 436 g/mol. The summed E-state index contributed by atoms with van der Waals surface area (Å²) in [5, 5.41) is 6.04. The van der Waals surface area contributed by atoms with E-state index in [0.29, 0.717) is 5.57 Å². The monoisotopic (exact) mass is 470 g/mol. The number of dihydropyridines is 1. The van der Waals surface area contributed by atoms with Gasteiger partial charge in [-0.1, -0.05) is 36.4 Å². The van der Waals surface area contributed by atoms with Gasteiger partial charge >= 0.3 is 0 Å². The summed E-state index contributed by atoms with van der Waals surface area (Å²) in [7, 11) is 0. The van der Waals surface area contributed by atoms with Gasteiger partial charge in [-0.25, -0.2) is 0 Å². The Bertz CT molecular complexity index is 1160. The van der Waals surface area contributed by atoms with Gasteiger partial charge in [-0.2, -0.15) is 0 Å². The lowest BCUT2D eigenvalue weighted by Crippen LogP contribution is -2.40. The number of amides is 2. The largest absolute Gasteiger partial charge is 0.387 e. The van der Waals surface area contributed by atoms with Crippen LogP contribution in [-0.2, 0) is 24.1 Å². The molecule has 0 aromatic heterocycles. The number of nitrogens with zero attached hydrogens (tertiary/aromatic N) is 2. The predicted molar refractivity (Wildman–Crippen MR) is 140 cm³/mol. The molecule has 3 heterocycles. The van der Waals surface area contributed by atoms with Crippen LogP contribution in [0.15, 0.2) is 60.3 Å². The van der Waals surface area contributed by atoms with Crippen molar-refractivity contribution in [2.24, 2.45) is 0 Å². The zero-order valence-corrected chi connectivity index (χ0v) is 20.5. The Morgan fingerprint density at radius 1 is 1.00 bits per heavy atom. The number of rotatable bonds is 6. The number of anilines is 1. The fraction of sp³-hybridized carbons (Fsp3) is 0.379. The standard InChI is InChI=1S/C29H34N4O2/c1-21-18-26(31-28(34)25-8-4-12-30-20-25)19-24-11-17-33(29(35)27(21)24)14-5-13-32-15-9-22-6-2-3-7-23(22)10-16-32/h2-4,6-8,18-20,30H,5,9-17H2,1H3,(H,31,34).